The van der Waals surface area contributed by atoms with Crippen LogP contribution in [0.4, 0.5) is 11.4 Å². The number of carbonyl (C=O) groups is 2. The van der Waals surface area contributed by atoms with Crippen molar-refractivity contribution < 1.29 is 14.7 Å². The van der Waals surface area contributed by atoms with Crippen LogP contribution in [0.3, 0.4) is 0 Å². The van der Waals surface area contributed by atoms with Gasteiger partial charge in [-0.3, -0.25) is 9.78 Å². The highest BCUT2D eigenvalue weighted by atomic mass is 35.5. The smallest absolute Gasteiger partial charge is 0.336 e. The zero-order valence-corrected chi connectivity index (χ0v) is 19.0. The normalized spacial score (nSPS) is 10.6. The maximum Gasteiger partial charge on any atom is 0.336 e. The molecule has 0 atom stereocenters. The predicted molar refractivity (Wildman–Crippen MR) is 131 cm³/mol. The van der Waals surface area contributed by atoms with Crippen LogP contribution in [0.15, 0.2) is 85.1 Å². The number of rotatable bonds is 6. The Bertz CT molecular complexity index is 1340. The third-order valence-electron chi connectivity index (χ3n) is 5.26. The number of aromatic nitrogens is 1. The molecule has 0 aliphatic heterocycles. The maximum atomic E-state index is 13.0. The highest BCUT2D eigenvalue weighted by Gasteiger charge is 2.19. The summed E-state index contributed by atoms with van der Waals surface area (Å²) >= 11 is 12.2. The van der Waals surface area contributed by atoms with Crippen molar-refractivity contribution in [3.05, 3.63) is 112 Å². The number of halogens is 2. The molecule has 0 saturated carbocycles. The Kier molecular flexibility index (Phi) is 6.45. The number of anilines is 2. The van der Waals surface area contributed by atoms with Crippen LogP contribution < -0.4 is 4.90 Å². The summed E-state index contributed by atoms with van der Waals surface area (Å²) in [6.07, 6.45) is 1.60. The lowest BCUT2D eigenvalue weighted by Gasteiger charge is -2.19. The fraction of sp³-hybridized carbons (Fsp3) is 0.0385. The molecule has 1 N–H and O–H groups in total. The maximum absolute atomic E-state index is 13.0. The highest BCUT2D eigenvalue weighted by molar-refractivity contribution is 6.33. The van der Waals surface area contributed by atoms with E-state index in [4.69, 9.17) is 23.2 Å². The molecule has 3 aromatic carbocycles. The van der Waals surface area contributed by atoms with Gasteiger partial charge in [-0.15, -0.1) is 0 Å². The molecule has 0 saturated heterocycles. The van der Waals surface area contributed by atoms with Crippen LogP contribution in [-0.2, 0) is 0 Å². The van der Waals surface area contributed by atoms with Crippen LogP contribution in [0.2, 0.25) is 10.0 Å². The summed E-state index contributed by atoms with van der Waals surface area (Å²) in [4.78, 5) is 31.1. The number of hydrogen-bond donors (Lipinski definition) is 1. The molecule has 0 radical (unpaired) electrons. The molecule has 5 nitrogen and oxygen atoms in total. The molecule has 33 heavy (non-hydrogen) atoms. The van der Waals surface area contributed by atoms with Gasteiger partial charge in [0.05, 0.1) is 17.4 Å². The van der Waals surface area contributed by atoms with Crippen LogP contribution >= 0.6 is 23.2 Å². The van der Waals surface area contributed by atoms with Gasteiger partial charge in [-0.25, -0.2) is 4.79 Å². The summed E-state index contributed by atoms with van der Waals surface area (Å²) in [5.74, 6) is -1.52. The summed E-state index contributed by atoms with van der Waals surface area (Å²) in [6, 6.07) is 22.3. The Morgan fingerprint density at radius 3 is 2.18 bits per heavy atom. The SMILES string of the molecule is CN(c1ccc(Cl)cc1)c1ccc(C(=O)c2ccc(-c3ccccc3Cl)c(C(=O)O)c2)nc1. The molecule has 4 rings (SSSR count). The van der Waals surface area contributed by atoms with Crippen LogP contribution in [-0.4, -0.2) is 28.9 Å². The van der Waals surface area contributed by atoms with Crippen molar-refractivity contribution in [2.24, 2.45) is 0 Å². The van der Waals surface area contributed by atoms with Gasteiger partial charge in [0.2, 0.25) is 5.78 Å². The summed E-state index contributed by atoms with van der Waals surface area (Å²) in [6.45, 7) is 0. The molecule has 0 aliphatic carbocycles. The molecule has 0 fully saturated rings. The zero-order chi connectivity index (χ0) is 23.5. The van der Waals surface area contributed by atoms with Crippen molar-refractivity contribution in [1.82, 2.24) is 4.98 Å². The van der Waals surface area contributed by atoms with Crippen LogP contribution in [0.1, 0.15) is 26.4 Å². The average molecular weight is 477 g/mol. The van der Waals surface area contributed by atoms with Gasteiger partial charge in [-0.05, 0) is 54.1 Å². The van der Waals surface area contributed by atoms with E-state index in [1.165, 1.54) is 6.07 Å². The molecule has 0 unspecified atom stereocenters. The van der Waals surface area contributed by atoms with E-state index in [1.54, 1.807) is 66.9 Å². The Balaban J connectivity index is 1.63. The quantitative estimate of drug-likeness (QED) is 0.311. The van der Waals surface area contributed by atoms with E-state index in [0.717, 1.165) is 11.4 Å². The molecule has 0 aliphatic rings. The van der Waals surface area contributed by atoms with Gasteiger partial charge in [-0.2, -0.15) is 0 Å². The number of pyridine rings is 1. The summed E-state index contributed by atoms with van der Waals surface area (Å²) in [7, 11) is 1.88. The van der Waals surface area contributed by atoms with Gasteiger partial charge < -0.3 is 10.0 Å². The van der Waals surface area contributed by atoms with E-state index in [2.05, 4.69) is 4.98 Å². The molecule has 0 bridgehead atoms. The van der Waals surface area contributed by atoms with Crippen LogP contribution in [0.25, 0.3) is 11.1 Å². The van der Waals surface area contributed by atoms with Gasteiger partial charge in [-0.1, -0.05) is 53.5 Å². The molecule has 7 heteroatoms. The largest absolute Gasteiger partial charge is 0.478 e. The Morgan fingerprint density at radius 2 is 1.55 bits per heavy atom. The number of hydrogen-bond acceptors (Lipinski definition) is 4. The van der Waals surface area contributed by atoms with E-state index in [0.29, 0.717) is 21.2 Å². The highest BCUT2D eigenvalue weighted by Crippen LogP contribution is 2.31. The van der Waals surface area contributed by atoms with E-state index in [9.17, 15) is 14.7 Å². The predicted octanol–water partition coefficient (Wildman–Crippen LogP) is 6.75. The second-order valence-electron chi connectivity index (χ2n) is 7.31. The lowest BCUT2D eigenvalue weighted by atomic mass is 9.95. The fourth-order valence-corrected chi connectivity index (χ4v) is 3.82. The first-order chi connectivity index (χ1) is 15.8. The number of benzene rings is 3. The number of aromatic carboxylic acids is 1. The van der Waals surface area contributed by atoms with Crippen molar-refractivity contribution in [1.29, 1.82) is 0 Å². The van der Waals surface area contributed by atoms with E-state index in [1.807, 2.05) is 24.1 Å². The monoisotopic (exact) mass is 476 g/mol. The number of carbonyl (C=O) groups excluding carboxylic acids is 1. The second kappa shape index (κ2) is 9.45. The second-order valence-corrected chi connectivity index (χ2v) is 8.16. The minimum Gasteiger partial charge on any atom is -0.478 e. The number of nitrogens with zero attached hydrogens (tertiary/aromatic N) is 2. The first kappa shape index (κ1) is 22.5. The summed E-state index contributed by atoms with van der Waals surface area (Å²) in [5.41, 5.74) is 3.17. The minimum absolute atomic E-state index is 0.00644. The first-order valence-corrected chi connectivity index (χ1v) is 10.7. The lowest BCUT2D eigenvalue weighted by molar-refractivity contribution is 0.0697. The zero-order valence-electron chi connectivity index (χ0n) is 17.5. The standard InChI is InChI=1S/C26H18Cl2N2O3/c1-30(18-9-7-17(27)8-10-18)19-11-13-24(29-15-19)25(31)16-6-12-20(22(14-16)26(32)33)21-4-2-3-5-23(21)28/h2-15H,1H3,(H,32,33). The minimum atomic E-state index is -1.15. The van der Waals surface area contributed by atoms with Crippen molar-refractivity contribution >= 4 is 46.3 Å². The van der Waals surface area contributed by atoms with E-state index < -0.39 is 5.97 Å². The Morgan fingerprint density at radius 1 is 0.848 bits per heavy atom. The lowest BCUT2D eigenvalue weighted by Crippen LogP contribution is -2.11. The van der Waals surface area contributed by atoms with Crippen molar-refractivity contribution in [2.75, 3.05) is 11.9 Å². The van der Waals surface area contributed by atoms with Gasteiger partial charge in [0, 0.05) is 33.9 Å². The van der Waals surface area contributed by atoms with Gasteiger partial charge in [0.1, 0.15) is 5.69 Å². The van der Waals surface area contributed by atoms with Crippen LogP contribution in [0, 0.1) is 0 Å². The van der Waals surface area contributed by atoms with Crippen LogP contribution in [0.5, 0.6) is 0 Å². The molecular formula is C26H18Cl2N2O3. The molecule has 1 aromatic heterocycles. The third kappa shape index (κ3) is 4.75. The van der Waals surface area contributed by atoms with E-state index >= 15 is 0 Å². The topological polar surface area (TPSA) is 70.5 Å². The Labute approximate surface area is 200 Å². The molecule has 4 aromatic rings. The first-order valence-electron chi connectivity index (χ1n) is 9.97. The van der Waals surface area contributed by atoms with Gasteiger partial charge in [0.15, 0.2) is 0 Å². The number of ketones is 1. The summed E-state index contributed by atoms with van der Waals surface area (Å²) in [5, 5.41) is 10.8. The fourth-order valence-electron chi connectivity index (χ4n) is 3.46. The molecular weight excluding hydrogens is 459 g/mol. The average Bonchev–Trinajstić information content (AvgIpc) is 2.84. The molecule has 0 spiro atoms. The number of carboxylic acids is 1. The Hall–Kier alpha value is -3.67. The van der Waals surface area contributed by atoms with E-state index in [-0.39, 0.29) is 22.6 Å². The van der Waals surface area contributed by atoms with Gasteiger partial charge in [0.25, 0.3) is 0 Å². The summed E-state index contributed by atoms with van der Waals surface area (Å²) < 4.78 is 0. The molecule has 0 amide bonds. The van der Waals surface area contributed by atoms with Gasteiger partial charge >= 0.3 is 5.97 Å². The third-order valence-corrected chi connectivity index (χ3v) is 5.84. The molecule has 164 valence electrons. The number of carboxylic acid groups (broad SMARTS) is 1. The van der Waals surface area contributed by atoms with Crippen molar-refractivity contribution in [3.8, 4) is 11.1 Å². The van der Waals surface area contributed by atoms with Crippen molar-refractivity contribution in [3.63, 3.8) is 0 Å². The molecule has 1 heterocycles. The van der Waals surface area contributed by atoms with Crippen molar-refractivity contribution in [2.45, 2.75) is 0 Å².